The van der Waals surface area contributed by atoms with Crippen molar-refractivity contribution in [1.29, 1.82) is 0 Å². The number of phenolic OH excluding ortho intramolecular Hbond substituents is 1. The van der Waals surface area contributed by atoms with E-state index in [0.29, 0.717) is 35.9 Å². The summed E-state index contributed by atoms with van der Waals surface area (Å²) < 4.78 is 5.91. The number of furan rings is 1. The van der Waals surface area contributed by atoms with Gasteiger partial charge in [-0.3, -0.25) is 24.2 Å². The first-order chi connectivity index (χ1) is 18.8. The number of carbonyl (C=O) groups excluding carboxylic acids is 3. The standard InChI is InChI=1S/C30H35N3O7/c1-13(2)33(5)12-14-8-9-40-29(14)16-6-7-19(34)21-17(16)10-15-11-18-22(26(36)20(15)25(21)35)27(37)23(30(31)39)28(38)24(18)32(3)4/h6-9,13,15,18,22,24,34,36,38H,10-12H2,1-5H3,(H2,31,39)/t15?,18?,22?,24-/m0/s1. The van der Waals surface area contributed by atoms with Crippen LogP contribution in [0.1, 0.15) is 41.8 Å². The molecule has 4 atom stereocenters. The number of likely N-dealkylation sites (N-methyl/N-ethyl adjacent to an activating group) is 1. The smallest absolute Gasteiger partial charge is 0.255 e. The topological polar surface area (TPSA) is 158 Å². The average Bonchev–Trinajstić information content (AvgIpc) is 3.30. The molecule has 0 saturated heterocycles. The first-order valence-electron chi connectivity index (χ1n) is 13.4. The Morgan fingerprint density at radius 1 is 1.10 bits per heavy atom. The molecule has 40 heavy (non-hydrogen) atoms. The summed E-state index contributed by atoms with van der Waals surface area (Å²) in [6, 6.07) is 4.60. The number of rotatable bonds is 6. The summed E-state index contributed by atoms with van der Waals surface area (Å²) in [5.41, 5.74) is 7.22. The van der Waals surface area contributed by atoms with Gasteiger partial charge in [0.1, 0.15) is 28.6 Å². The van der Waals surface area contributed by atoms with Gasteiger partial charge in [-0.25, -0.2) is 0 Å². The summed E-state index contributed by atoms with van der Waals surface area (Å²) in [5.74, 6) is -5.24. The minimum absolute atomic E-state index is 0.0523. The number of hydrogen-bond acceptors (Lipinski definition) is 9. The molecule has 0 spiro atoms. The molecule has 3 unspecified atom stereocenters. The molecule has 1 aromatic carbocycles. The van der Waals surface area contributed by atoms with Gasteiger partial charge in [0.2, 0.25) is 0 Å². The Labute approximate surface area is 232 Å². The summed E-state index contributed by atoms with van der Waals surface area (Å²) in [6.45, 7) is 4.80. The van der Waals surface area contributed by atoms with E-state index in [0.717, 1.165) is 5.56 Å². The lowest BCUT2D eigenvalue weighted by Crippen LogP contribution is -2.53. The quantitative estimate of drug-likeness (QED) is 0.397. The number of amides is 1. The minimum Gasteiger partial charge on any atom is -0.511 e. The molecule has 10 heteroatoms. The minimum atomic E-state index is -1.21. The highest BCUT2D eigenvalue weighted by Gasteiger charge is 2.54. The van der Waals surface area contributed by atoms with Crippen molar-refractivity contribution in [2.45, 2.75) is 45.3 Å². The number of hydrogen-bond donors (Lipinski definition) is 4. The van der Waals surface area contributed by atoms with Crippen molar-refractivity contribution in [3.63, 3.8) is 0 Å². The number of primary amides is 1. The van der Waals surface area contributed by atoms with Crippen LogP contribution in [0.5, 0.6) is 5.75 Å². The monoisotopic (exact) mass is 549 g/mol. The fourth-order valence-electron chi connectivity index (χ4n) is 6.63. The number of Topliss-reactive ketones (excluding diaryl/α,β-unsaturated/α-hetero) is 2. The maximum Gasteiger partial charge on any atom is 0.255 e. The van der Waals surface area contributed by atoms with Gasteiger partial charge in [0.25, 0.3) is 5.91 Å². The normalized spacial score (nSPS) is 24.6. The Morgan fingerprint density at radius 3 is 2.42 bits per heavy atom. The SMILES string of the molecule is CC(C)N(C)Cc1ccoc1-c1ccc(O)c2c1CC1CC3C(C(=O)C(C(N)=O)=C(O)[C@H]3N(C)C)C(O)=C1C2=O. The molecule has 1 heterocycles. The second-order valence-corrected chi connectivity index (χ2v) is 11.6. The van der Waals surface area contributed by atoms with E-state index in [1.165, 1.54) is 6.07 Å². The number of benzene rings is 1. The van der Waals surface area contributed by atoms with Crippen molar-refractivity contribution in [3.8, 4) is 17.1 Å². The molecule has 10 nitrogen and oxygen atoms in total. The van der Waals surface area contributed by atoms with Crippen molar-refractivity contribution < 1.29 is 34.1 Å². The Morgan fingerprint density at radius 2 is 1.80 bits per heavy atom. The van der Waals surface area contributed by atoms with E-state index in [-0.39, 0.29) is 23.3 Å². The number of nitrogens with zero attached hydrogens (tertiary/aromatic N) is 2. The molecule has 0 radical (unpaired) electrons. The molecule has 0 saturated carbocycles. The number of ketones is 2. The van der Waals surface area contributed by atoms with Crippen LogP contribution >= 0.6 is 0 Å². The van der Waals surface area contributed by atoms with Gasteiger partial charge in [0.05, 0.1) is 23.8 Å². The highest BCUT2D eigenvalue weighted by Crippen LogP contribution is 2.51. The molecule has 5 rings (SSSR count). The highest BCUT2D eigenvalue weighted by molar-refractivity contribution is 6.22. The highest BCUT2D eigenvalue weighted by atomic mass is 16.3. The lowest BCUT2D eigenvalue weighted by molar-refractivity contribution is -0.127. The Hall–Kier alpha value is -3.89. The van der Waals surface area contributed by atoms with Gasteiger partial charge in [-0.15, -0.1) is 0 Å². The van der Waals surface area contributed by atoms with Crippen LogP contribution in [-0.4, -0.2) is 75.8 Å². The van der Waals surface area contributed by atoms with E-state index >= 15 is 0 Å². The van der Waals surface area contributed by atoms with Crippen LogP contribution in [-0.2, 0) is 22.6 Å². The largest absolute Gasteiger partial charge is 0.511 e. The molecule has 3 aliphatic carbocycles. The van der Waals surface area contributed by atoms with Gasteiger partial charge < -0.3 is 25.5 Å². The van der Waals surface area contributed by atoms with E-state index < -0.39 is 58.4 Å². The van der Waals surface area contributed by atoms with E-state index in [1.54, 1.807) is 31.3 Å². The summed E-state index contributed by atoms with van der Waals surface area (Å²) in [5, 5.41) is 33.2. The summed E-state index contributed by atoms with van der Waals surface area (Å²) in [6.07, 6.45) is 2.19. The molecule has 1 aromatic heterocycles. The predicted molar refractivity (Wildman–Crippen MR) is 147 cm³/mol. The van der Waals surface area contributed by atoms with Crippen LogP contribution in [0.3, 0.4) is 0 Å². The van der Waals surface area contributed by atoms with Crippen LogP contribution in [0.2, 0.25) is 0 Å². The van der Waals surface area contributed by atoms with Crippen molar-refractivity contribution in [2.24, 2.45) is 23.5 Å². The molecule has 0 fully saturated rings. The Bertz CT molecular complexity index is 1480. The van der Waals surface area contributed by atoms with Gasteiger partial charge in [0, 0.05) is 29.3 Å². The molecule has 3 aliphatic rings. The van der Waals surface area contributed by atoms with Crippen molar-refractivity contribution in [1.82, 2.24) is 9.80 Å². The van der Waals surface area contributed by atoms with Gasteiger partial charge >= 0.3 is 0 Å². The fourth-order valence-corrected chi connectivity index (χ4v) is 6.63. The number of phenols is 1. The van der Waals surface area contributed by atoms with E-state index in [4.69, 9.17) is 10.2 Å². The second-order valence-electron chi connectivity index (χ2n) is 11.6. The number of nitrogens with two attached hydrogens (primary N) is 1. The number of carbonyl (C=O) groups is 3. The Balaban J connectivity index is 1.64. The molecule has 212 valence electrons. The third-order valence-electron chi connectivity index (χ3n) is 8.74. The number of fused-ring (bicyclic) bond motifs is 3. The molecule has 0 bridgehead atoms. The Kier molecular flexibility index (Phi) is 6.87. The maximum atomic E-state index is 13.9. The van der Waals surface area contributed by atoms with Crippen molar-refractivity contribution in [3.05, 3.63) is 63.8 Å². The van der Waals surface area contributed by atoms with Crippen LogP contribution < -0.4 is 5.73 Å². The zero-order valence-corrected chi connectivity index (χ0v) is 23.3. The molecular weight excluding hydrogens is 514 g/mol. The van der Waals surface area contributed by atoms with Gasteiger partial charge in [-0.2, -0.15) is 0 Å². The summed E-state index contributed by atoms with van der Waals surface area (Å²) >= 11 is 0. The number of aromatic hydroxyl groups is 1. The first-order valence-corrected chi connectivity index (χ1v) is 13.4. The predicted octanol–water partition coefficient (Wildman–Crippen LogP) is 3.11. The van der Waals surface area contributed by atoms with Crippen LogP contribution in [0.25, 0.3) is 11.3 Å². The van der Waals surface area contributed by atoms with Crippen LogP contribution in [0.15, 0.2) is 51.5 Å². The van der Waals surface area contributed by atoms with Crippen LogP contribution in [0.4, 0.5) is 0 Å². The number of allylic oxidation sites excluding steroid dienone is 2. The number of aliphatic hydroxyl groups is 2. The summed E-state index contributed by atoms with van der Waals surface area (Å²) in [7, 11) is 5.41. The number of aliphatic hydroxyl groups excluding tert-OH is 2. The summed E-state index contributed by atoms with van der Waals surface area (Å²) in [4.78, 5) is 43.3. The van der Waals surface area contributed by atoms with Gasteiger partial charge in [-0.1, -0.05) is 0 Å². The molecular formula is C30H35N3O7. The molecule has 1 amide bonds. The maximum absolute atomic E-state index is 13.9. The zero-order valence-electron chi connectivity index (χ0n) is 23.3. The van der Waals surface area contributed by atoms with Gasteiger partial charge in [0.15, 0.2) is 11.6 Å². The zero-order chi connectivity index (χ0) is 29.2. The first kappa shape index (κ1) is 27.7. The van der Waals surface area contributed by atoms with Crippen molar-refractivity contribution in [2.75, 3.05) is 21.1 Å². The molecule has 0 aliphatic heterocycles. The van der Waals surface area contributed by atoms with Crippen molar-refractivity contribution >= 4 is 17.5 Å². The second kappa shape index (κ2) is 9.94. The fraction of sp³-hybridized carbons (Fsp3) is 0.433. The van der Waals surface area contributed by atoms with Gasteiger partial charge in [-0.05, 0) is 83.4 Å². The van der Waals surface area contributed by atoms with E-state index in [1.807, 2.05) is 13.1 Å². The molecule has 5 N–H and O–H groups in total. The molecule has 2 aromatic rings. The third-order valence-corrected chi connectivity index (χ3v) is 8.74. The lowest BCUT2D eigenvalue weighted by atomic mass is 9.60. The van der Waals surface area contributed by atoms with E-state index in [2.05, 4.69) is 18.7 Å². The lowest BCUT2D eigenvalue weighted by Gasteiger charge is -2.46. The average molecular weight is 550 g/mol. The van der Waals surface area contributed by atoms with Crippen LogP contribution in [0, 0.1) is 17.8 Å². The van der Waals surface area contributed by atoms with E-state index in [9.17, 15) is 29.7 Å². The third kappa shape index (κ3) is 4.13.